The summed E-state index contributed by atoms with van der Waals surface area (Å²) >= 11 is 5.38. The first-order valence-corrected chi connectivity index (χ1v) is 11.1. The zero-order valence-electron chi connectivity index (χ0n) is 17.8. The first-order valence-electron chi connectivity index (χ1n) is 10.6. The molecule has 1 heterocycles. The van der Waals surface area contributed by atoms with Crippen LogP contribution in [0.4, 0.5) is 0 Å². The van der Waals surface area contributed by atoms with Crippen LogP contribution in [0.25, 0.3) is 0 Å². The number of carbonyl (C=O) groups excluding carboxylic acids is 3. The van der Waals surface area contributed by atoms with Crippen LogP contribution in [0, 0.1) is 0 Å². The number of amides is 2. The number of thiocarbonyl (C=S) groups is 1. The van der Waals surface area contributed by atoms with Crippen molar-refractivity contribution in [2.24, 2.45) is 0 Å². The molecule has 0 bridgehead atoms. The van der Waals surface area contributed by atoms with Gasteiger partial charge in [0.1, 0.15) is 6.04 Å². The van der Waals surface area contributed by atoms with Crippen molar-refractivity contribution in [1.82, 2.24) is 15.5 Å². The molecule has 32 heavy (non-hydrogen) atoms. The van der Waals surface area contributed by atoms with E-state index in [0.29, 0.717) is 25.9 Å². The lowest BCUT2D eigenvalue weighted by Crippen LogP contribution is -2.60. The number of esters is 1. The molecule has 2 aromatic carbocycles. The van der Waals surface area contributed by atoms with Gasteiger partial charge in [-0.1, -0.05) is 60.7 Å². The van der Waals surface area contributed by atoms with Gasteiger partial charge in [0.05, 0.1) is 13.0 Å². The molecule has 8 heteroatoms. The van der Waals surface area contributed by atoms with Gasteiger partial charge >= 0.3 is 5.97 Å². The molecule has 1 fully saturated rings. The quantitative estimate of drug-likeness (QED) is 0.470. The van der Waals surface area contributed by atoms with Crippen molar-refractivity contribution in [3.05, 3.63) is 71.8 Å². The Morgan fingerprint density at radius 2 is 1.66 bits per heavy atom. The van der Waals surface area contributed by atoms with Gasteiger partial charge in [0, 0.05) is 25.9 Å². The van der Waals surface area contributed by atoms with Crippen molar-refractivity contribution < 1.29 is 19.1 Å². The van der Waals surface area contributed by atoms with E-state index in [-0.39, 0.29) is 36.4 Å². The Balaban J connectivity index is 1.48. The van der Waals surface area contributed by atoms with Crippen LogP contribution in [0.5, 0.6) is 0 Å². The van der Waals surface area contributed by atoms with Crippen molar-refractivity contribution in [1.29, 1.82) is 0 Å². The molecule has 3 rings (SSSR count). The first kappa shape index (κ1) is 23.4. The van der Waals surface area contributed by atoms with Crippen LogP contribution in [-0.4, -0.2) is 53.5 Å². The summed E-state index contributed by atoms with van der Waals surface area (Å²) in [5, 5.41) is 5.59. The van der Waals surface area contributed by atoms with Gasteiger partial charge in [0.25, 0.3) is 0 Å². The Labute approximate surface area is 193 Å². The molecular weight excluding hydrogens is 426 g/mol. The third-order valence-electron chi connectivity index (χ3n) is 5.18. The highest BCUT2D eigenvalue weighted by Crippen LogP contribution is 2.12. The van der Waals surface area contributed by atoms with Crippen molar-refractivity contribution in [2.45, 2.75) is 31.7 Å². The Morgan fingerprint density at radius 3 is 2.31 bits per heavy atom. The molecule has 2 aromatic rings. The van der Waals surface area contributed by atoms with E-state index >= 15 is 0 Å². The first-order chi connectivity index (χ1) is 15.5. The topological polar surface area (TPSA) is 87.7 Å². The number of nitrogens with zero attached hydrogens (tertiary/aromatic N) is 1. The van der Waals surface area contributed by atoms with Crippen LogP contribution in [0.3, 0.4) is 0 Å². The van der Waals surface area contributed by atoms with E-state index in [9.17, 15) is 14.4 Å². The molecule has 1 aliphatic rings. The molecule has 1 atom stereocenters. The minimum Gasteiger partial charge on any atom is -0.465 e. The predicted molar refractivity (Wildman–Crippen MR) is 125 cm³/mol. The van der Waals surface area contributed by atoms with Crippen molar-refractivity contribution >= 4 is 35.1 Å². The zero-order chi connectivity index (χ0) is 22.8. The molecule has 7 nitrogen and oxygen atoms in total. The average molecular weight is 454 g/mol. The zero-order valence-corrected chi connectivity index (χ0v) is 18.6. The monoisotopic (exact) mass is 453 g/mol. The van der Waals surface area contributed by atoms with Crippen LogP contribution in [-0.2, 0) is 32.0 Å². The van der Waals surface area contributed by atoms with E-state index in [2.05, 4.69) is 10.6 Å². The van der Waals surface area contributed by atoms with Crippen LogP contribution in [0.1, 0.15) is 24.0 Å². The summed E-state index contributed by atoms with van der Waals surface area (Å²) in [6.45, 7) is 1.03. The molecule has 2 N–H and O–H groups in total. The molecule has 1 unspecified atom stereocenters. The van der Waals surface area contributed by atoms with Crippen LogP contribution in [0.15, 0.2) is 60.7 Å². The highest BCUT2D eigenvalue weighted by atomic mass is 32.1. The Morgan fingerprint density at radius 1 is 1.03 bits per heavy atom. The van der Waals surface area contributed by atoms with Crippen molar-refractivity contribution in [3.8, 4) is 0 Å². The minimum absolute atomic E-state index is 0.138. The molecule has 2 amide bonds. The number of benzene rings is 2. The SMILES string of the molecule is O=C(CCc1ccccc1)NC(=S)N1CCNC(=O)C1CC(=O)OCCc1ccccc1. The second-order valence-electron chi connectivity index (χ2n) is 7.50. The van der Waals surface area contributed by atoms with Crippen LogP contribution in [0.2, 0.25) is 0 Å². The molecule has 0 radical (unpaired) electrons. The lowest BCUT2D eigenvalue weighted by Gasteiger charge is -2.36. The lowest BCUT2D eigenvalue weighted by atomic mass is 10.1. The maximum Gasteiger partial charge on any atom is 0.308 e. The molecule has 168 valence electrons. The summed E-state index contributed by atoms with van der Waals surface area (Å²) in [5.41, 5.74) is 2.12. The van der Waals surface area contributed by atoms with Gasteiger partial charge in [-0.05, 0) is 29.8 Å². The fraction of sp³-hybridized carbons (Fsp3) is 0.333. The average Bonchev–Trinajstić information content (AvgIpc) is 2.80. The smallest absolute Gasteiger partial charge is 0.308 e. The minimum atomic E-state index is -0.810. The predicted octanol–water partition coefficient (Wildman–Crippen LogP) is 2.00. The van der Waals surface area contributed by atoms with Crippen LogP contribution < -0.4 is 10.6 Å². The van der Waals surface area contributed by atoms with E-state index in [0.717, 1.165) is 11.1 Å². The number of nitrogens with one attached hydrogen (secondary N) is 2. The van der Waals surface area contributed by atoms with E-state index in [1.165, 1.54) is 0 Å². The summed E-state index contributed by atoms with van der Waals surface area (Å²) in [4.78, 5) is 38.7. The van der Waals surface area contributed by atoms with Gasteiger partial charge in [-0.25, -0.2) is 0 Å². The maximum absolute atomic E-state index is 12.4. The van der Waals surface area contributed by atoms with Gasteiger partial charge in [0.2, 0.25) is 11.8 Å². The lowest BCUT2D eigenvalue weighted by molar-refractivity contribution is -0.147. The van der Waals surface area contributed by atoms with E-state index in [1.54, 1.807) is 4.90 Å². The summed E-state index contributed by atoms with van der Waals surface area (Å²) in [6, 6.07) is 18.6. The molecule has 0 spiro atoms. The third kappa shape index (κ3) is 7.16. The summed E-state index contributed by atoms with van der Waals surface area (Å²) in [6.07, 6.45) is 1.33. The van der Waals surface area contributed by atoms with E-state index in [1.807, 2.05) is 60.7 Å². The van der Waals surface area contributed by atoms with Crippen molar-refractivity contribution in [3.63, 3.8) is 0 Å². The number of carbonyl (C=O) groups is 3. The van der Waals surface area contributed by atoms with Gasteiger partial charge in [-0.15, -0.1) is 0 Å². The highest BCUT2D eigenvalue weighted by molar-refractivity contribution is 7.80. The molecule has 1 aliphatic heterocycles. The normalized spacial score (nSPS) is 15.6. The van der Waals surface area contributed by atoms with Gasteiger partial charge < -0.3 is 20.3 Å². The number of hydrogen-bond donors (Lipinski definition) is 2. The molecule has 1 saturated heterocycles. The van der Waals surface area contributed by atoms with Gasteiger partial charge in [-0.3, -0.25) is 14.4 Å². The van der Waals surface area contributed by atoms with Gasteiger partial charge in [-0.2, -0.15) is 0 Å². The molecule has 0 saturated carbocycles. The largest absolute Gasteiger partial charge is 0.465 e. The summed E-state index contributed by atoms with van der Waals surface area (Å²) in [7, 11) is 0. The second-order valence-corrected chi connectivity index (χ2v) is 7.89. The fourth-order valence-corrected chi connectivity index (χ4v) is 3.79. The molecular formula is C24H27N3O4S. The van der Waals surface area contributed by atoms with Crippen molar-refractivity contribution in [2.75, 3.05) is 19.7 Å². The highest BCUT2D eigenvalue weighted by Gasteiger charge is 2.34. The number of aryl methyl sites for hydroxylation is 1. The molecule has 0 aromatic heterocycles. The standard InChI is InChI=1S/C24H27N3O4S/c28-21(12-11-18-7-3-1-4-8-18)26-24(32)27-15-14-25-23(30)20(27)17-22(29)31-16-13-19-9-5-2-6-10-19/h1-10,20H,11-17H2,(H,25,30)(H,26,28,32). The third-order valence-corrected chi connectivity index (χ3v) is 5.51. The Kier molecular flexibility index (Phi) is 8.74. The Bertz CT molecular complexity index is 937. The Hall–Kier alpha value is -3.26. The molecule has 0 aliphatic carbocycles. The maximum atomic E-state index is 12.4. The second kappa shape index (κ2) is 12.0. The van der Waals surface area contributed by atoms with Crippen LogP contribution >= 0.6 is 12.2 Å². The van der Waals surface area contributed by atoms with Gasteiger partial charge in [0.15, 0.2) is 5.11 Å². The van der Waals surface area contributed by atoms with E-state index in [4.69, 9.17) is 17.0 Å². The number of rotatable bonds is 8. The summed E-state index contributed by atoms with van der Waals surface area (Å²) in [5.74, 6) is -1.02. The number of hydrogen-bond acceptors (Lipinski definition) is 5. The fourth-order valence-electron chi connectivity index (χ4n) is 3.46. The van der Waals surface area contributed by atoms with E-state index < -0.39 is 12.0 Å². The summed E-state index contributed by atoms with van der Waals surface area (Å²) < 4.78 is 5.32. The number of piperazine rings is 1. The number of ether oxygens (including phenoxy) is 1.